The van der Waals surface area contributed by atoms with Crippen LogP contribution in [0, 0.1) is 0 Å². The van der Waals surface area contributed by atoms with E-state index < -0.39 is 0 Å². The summed E-state index contributed by atoms with van der Waals surface area (Å²) in [5, 5.41) is 0. The van der Waals surface area contributed by atoms with Gasteiger partial charge in [-0.15, -0.1) is 0 Å². The van der Waals surface area contributed by atoms with Gasteiger partial charge in [0, 0.05) is 6.42 Å². The molecule has 0 aliphatic carbocycles. The van der Waals surface area contributed by atoms with Crippen LogP contribution < -0.4 is 0 Å². The van der Waals surface area contributed by atoms with Crippen LogP contribution in [0.1, 0.15) is 18.1 Å². The van der Waals surface area contributed by atoms with Crippen LogP contribution in [0.2, 0.25) is 0 Å². The predicted octanol–water partition coefficient (Wildman–Crippen LogP) is 2.19. The van der Waals surface area contributed by atoms with Gasteiger partial charge in [0.2, 0.25) is 0 Å². The van der Waals surface area contributed by atoms with Gasteiger partial charge in [0.1, 0.15) is 0 Å². The third-order valence-electron chi connectivity index (χ3n) is 2.30. The number of benzene rings is 1. The quantitative estimate of drug-likeness (QED) is 0.621. The lowest BCUT2D eigenvalue weighted by Crippen LogP contribution is -1.92. The van der Waals surface area contributed by atoms with Gasteiger partial charge in [0.05, 0.1) is 12.7 Å². The zero-order valence-corrected chi connectivity index (χ0v) is 7.42. The summed E-state index contributed by atoms with van der Waals surface area (Å²) in [6.45, 7) is 3.13. The molecule has 1 fully saturated rings. The molecule has 12 heavy (non-hydrogen) atoms. The first kappa shape index (κ1) is 7.81. The number of epoxide rings is 1. The first-order valence-electron chi connectivity index (χ1n) is 4.58. The van der Waals surface area contributed by atoms with E-state index in [-0.39, 0.29) is 0 Å². The molecule has 2 rings (SSSR count). The molecule has 0 aromatic heterocycles. The third kappa shape index (κ3) is 1.86. The Bertz CT molecular complexity index is 246. The average molecular weight is 162 g/mol. The molecule has 0 N–H and O–H groups in total. The highest BCUT2D eigenvalue weighted by atomic mass is 16.6. The fraction of sp³-hybridized carbons (Fsp3) is 0.455. The first-order chi connectivity index (χ1) is 5.88. The van der Waals surface area contributed by atoms with E-state index in [1.54, 1.807) is 0 Å². The van der Waals surface area contributed by atoms with Gasteiger partial charge in [0.15, 0.2) is 0 Å². The Morgan fingerprint density at radius 1 is 1.25 bits per heavy atom. The Morgan fingerprint density at radius 3 is 2.33 bits per heavy atom. The molecule has 1 heterocycles. The molecule has 1 aromatic rings. The van der Waals surface area contributed by atoms with E-state index in [0.717, 1.165) is 19.4 Å². The molecule has 0 radical (unpaired) electrons. The van der Waals surface area contributed by atoms with Crippen molar-refractivity contribution >= 4 is 0 Å². The van der Waals surface area contributed by atoms with Gasteiger partial charge in [0.25, 0.3) is 0 Å². The summed E-state index contributed by atoms with van der Waals surface area (Å²) in [4.78, 5) is 0. The van der Waals surface area contributed by atoms with Crippen molar-refractivity contribution in [1.82, 2.24) is 0 Å². The maximum Gasteiger partial charge on any atom is 0.0850 e. The van der Waals surface area contributed by atoms with Crippen molar-refractivity contribution < 1.29 is 4.74 Å². The first-order valence-corrected chi connectivity index (χ1v) is 4.58. The summed E-state index contributed by atoms with van der Waals surface area (Å²) in [5.74, 6) is 0. The third-order valence-corrected chi connectivity index (χ3v) is 2.30. The molecule has 0 spiro atoms. The van der Waals surface area contributed by atoms with Crippen molar-refractivity contribution in [3.05, 3.63) is 35.4 Å². The highest BCUT2D eigenvalue weighted by molar-refractivity contribution is 5.23. The van der Waals surface area contributed by atoms with Crippen LogP contribution >= 0.6 is 0 Å². The maximum atomic E-state index is 5.17. The molecule has 0 saturated carbocycles. The summed E-state index contributed by atoms with van der Waals surface area (Å²) in [7, 11) is 0. The van der Waals surface area contributed by atoms with Gasteiger partial charge in [-0.05, 0) is 17.5 Å². The molecule has 1 atom stereocenters. The van der Waals surface area contributed by atoms with Crippen LogP contribution in [-0.4, -0.2) is 12.7 Å². The van der Waals surface area contributed by atoms with Crippen molar-refractivity contribution in [1.29, 1.82) is 0 Å². The zero-order chi connectivity index (χ0) is 8.39. The van der Waals surface area contributed by atoms with E-state index in [1.165, 1.54) is 11.1 Å². The van der Waals surface area contributed by atoms with Crippen LogP contribution in [0.15, 0.2) is 24.3 Å². The molecular weight excluding hydrogens is 148 g/mol. The molecule has 1 saturated heterocycles. The summed E-state index contributed by atoms with van der Waals surface area (Å²) in [6, 6.07) is 8.83. The van der Waals surface area contributed by atoms with E-state index in [0.29, 0.717) is 6.10 Å². The van der Waals surface area contributed by atoms with E-state index in [9.17, 15) is 0 Å². The minimum atomic E-state index is 0.512. The molecule has 1 unspecified atom stereocenters. The SMILES string of the molecule is CCc1ccc(CC2CO2)cc1. The van der Waals surface area contributed by atoms with Crippen LogP contribution in [0.4, 0.5) is 0 Å². The fourth-order valence-corrected chi connectivity index (χ4v) is 1.36. The highest BCUT2D eigenvalue weighted by Crippen LogP contribution is 2.16. The Balaban J connectivity index is 2.02. The van der Waals surface area contributed by atoms with Crippen LogP contribution in [0.25, 0.3) is 0 Å². The highest BCUT2D eigenvalue weighted by Gasteiger charge is 2.22. The number of aryl methyl sites for hydroxylation is 1. The molecule has 0 amide bonds. The van der Waals surface area contributed by atoms with Crippen molar-refractivity contribution in [2.75, 3.05) is 6.61 Å². The second-order valence-electron chi connectivity index (χ2n) is 3.33. The molecule has 1 aliphatic rings. The van der Waals surface area contributed by atoms with Crippen molar-refractivity contribution in [3.63, 3.8) is 0 Å². The Labute approximate surface area is 73.4 Å². The van der Waals surface area contributed by atoms with E-state index in [4.69, 9.17) is 4.74 Å². The number of hydrogen-bond donors (Lipinski definition) is 0. The summed E-state index contributed by atoms with van der Waals surface area (Å²) in [6.07, 6.45) is 2.72. The van der Waals surface area contributed by atoms with Gasteiger partial charge in [-0.3, -0.25) is 0 Å². The largest absolute Gasteiger partial charge is 0.373 e. The van der Waals surface area contributed by atoms with E-state index >= 15 is 0 Å². The molecule has 1 heteroatoms. The molecule has 1 aromatic carbocycles. The average Bonchev–Trinajstić information content (AvgIpc) is 2.90. The Morgan fingerprint density at radius 2 is 1.83 bits per heavy atom. The number of hydrogen-bond acceptors (Lipinski definition) is 1. The van der Waals surface area contributed by atoms with Crippen molar-refractivity contribution in [2.24, 2.45) is 0 Å². The minimum Gasteiger partial charge on any atom is -0.373 e. The van der Waals surface area contributed by atoms with Gasteiger partial charge in [-0.2, -0.15) is 0 Å². The van der Waals surface area contributed by atoms with Crippen LogP contribution in [-0.2, 0) is 17.6 Å². The summed E-state index contributed by atoms with van der Waals surface area (Å²) in [5.41, 5.74) is 2.81. The zero-order valence-electron chi connectivity index (χ0n) is 7.42. The topological polar surface area (TPSA) is 12.5 Å². The minimum absolute atomic E-state index is 0.512. The molecule has 1 nitrogen and oxygen atoms in total. The second-order valence-corrected chi connectivity index (χ2v) is 3.33. The molecule has 0 bridgehead atoms. The monoisotopic (exact) mass is 162 g/mol. The van der Waals surface area contributed by atoms with Crippen molar-refractivity contribution in [2.45, 2.75) is 25.9 Å². The van der Waals surface area contributed by atoms with Gasteiger partial charge < -0.3 is 4.74 Å². The maximum absolute atomic E-state index is 5.17. The Hall–Kier alpha value is -0.820. The van der Waals surface area contributed by atoms with E-state index in [2.05, 4.69) is 31.2 Å². The number of rotatable bonds is 3. The smallest absolute Gasteiger partial charge is 0.0850 e. The van der Waals surface area contributed by atoms with Gasteiger partial charge in [-0.1, -0.05) is 31.2 Å². The van der Waals surface area contributed by atoms with Crippen molar-refractivity contribution in [3.8, 4) is 0 Å². The normalized spacial score (nSPS) is 20.9. The molecule has 1 aliphatic heterocycles. The standard InChI is InChI=1S/C11H14O/c1-2-9-3-5-10(6-4-9)7-11-8-12-11/h3-6,11H,2,7-8H2,1H3. The lowest BCUT2D eigenvalue weighted by Gasteiger charge is -1.99. The second kappa shape index (κ2) is 3.28. The van der Waals surface area contributed by atoms with Gasteiger partial charge in [-0.25, -0.2) is 0 Å². The Kier molecular flexibility index (Phi) is 2.13. The lowest BCUT2D eigenvalue weighted by molar-refractivity contribution is 0.407. The molecule has 64 valence electrons. The fourth-order valence-electron chi connectivity index (χ4n) is 1.36. The molecular formula is C11H14O. The van der Waals surface area contributed by atoms with Gasteiger partial charge >= 0.3 is 0 Å². The van der Waals surface area contributed by atoms with Crippen LogP contribution in [0.3, 0.4) is 0 Å². The number of ether oxygens (including phenoxy) is 1. The van der Waals surface area contributed by atoms with E-state index in [1.807, 2.05) is 0 Å². The van der Waals surface area contributed by atoms with Crippen LogP contribution in [0.5, 0.6) is 0 Å². The lowest BCUT2D eigenvalue weighted by atomic mass is 10.1. The summed E-state index contributed by atoms with van der Waals surface area (Å²) >= 11 is 0. The predicted molar refractivity (Wildman–Crippen MR) is 49.3 cm³/mol. The summed E-state index contributed by atoms with van der Waals surface area (Å²) < 4.78 is 5.17.